The number of fused-ring (bicyclic) bond motifs is 3. The summed E-state index contributed by atoms with van der Waals surface area (Å²) in [5, 5.41) is 10.3. The molecule has 186 valence electrons. The Bertz CT molecular complexity index is 1270. The summed E-state index contributed by atoms with van der Waals surface area (Å²) in [6.07, 6.45) is 0.447. The molecule has 0 amide bonds. The zero-order valence-electron chi connectivity index (χ0n) is 21.5. The SMILES string of the molecule is COc1ccc(C(C#N)(CC#CCN(C)C2c3ccccc3-c3ccccc32)C(C)C)cc1OC.Cl. The standard InChI is InChI=1S/C31H32N2O2.ClH/c1-22(2)31(21-32,23-16-17-28(34-4)29(20-23)35-5)18-10-11-19-33(3)30-26-14-8-6-12-24(26)25-13-7-9-15-27(25)30;/h6-9,12-17,20,22,30H,18-19H2,1-5H3;1H. The van der Waals surface area contributed by atoms with Crippen LogP contribution in [0.4, 0.5) is 0 Å². The highest BCUT2D eigenvalue weighted by Crippen LogP contribution is 2.45. The number of ether oxygens (including phenoxy) is 2. The van der Waals surface area contributed by atoms with Crippen LogP contribution in [0.5, 0.6) is 11.5 Å². The first-order valence-corrected chi connectivity index (χ1v) is 11.9. The molecule has 0 aliphatic heterocycles. The van der Waals surface area contributed by atoms with Crippen molar-refractivity contribution in [1.29, 1.82) is 5.26 Å². The van der Waals surface area contributed by atoms with Gasteiger partial charge in [-0.05, 0) is 52.9 Å². The topological polar surface area (TPSA) is 45.5 Å². The molecular weight excluding hydrogens is 468 g/mol. The lowest BCUT2D eigenvalue weighted by molar-refractivity contribution is 0.318. The van der Waals surface area contributed by atoms with Gasteiger partial charge >= 0.3 is 0 Å². The van der Waals surface area contributed by atoms with E-state index in [1.54, 1.807) is 14.2 Å². The average molecular weight is 501 g/mol. The minimum atomic E-state index is -0.738. The van der Waals surface area contributed by atoms with Crippen LogP contribution in [0.25, 0.3) is 11.1 Å². The largest absolute Gasteiger partial charge is 0.493 e. The van der Waals surface area contributed by atoms with Crippen LogP contribution in [0.15, 0.2) is 66.7 Å². The minimum Gasteiger partial charge on any atom is -0.493 e. The Morgan fingerprint density at radius 2 is 1.47 bits per heavy atom. The summed E-state index contributed by atoms with van der Waals surface area (Å²) in [5.74, 6) is 8.04. The molecule has 4 nitrogen and oxygen atoms in total. The van der Waals surface area contributed by atoms with Gasteiger partial charge in [0.15, 0.2) is 11.5 Å². The molecule has 1 aliphatic rings. The Morgan fingerprint density at radius 1 is 0.889 bits per heavy atom. The second kappa shape index (κ2) is 11.5. The highest BCUT2D eigenvalue weighted by atomic mass is 35.5. The molecule has 36 heavy (non-hydrogen) atoms. The Hall–Kier alpha value is -3.44. The molecule has 1 aliphatic carbocycles. The van der Waals surface area contributed by atoms with E-state index in [1.165, 1.54) is 22.3 Å². The summed E-state index contributed by atoms with van der Waals surface area (Å²) in [6, 6.07) is 25.7. The maximum Gasteiger partial charge on any atom is 0.161 e. The third-order valence-corrected chi connectivity index (χ3v) is 7.15. The van der Waals surface area contributed by atoms with Gasteiger partial charge < -0.3 is 9.47 Å². The third-order valence-electron chi connectivity index (χ3n) is 7.15. The van der Waals surface area contributed by atoms with Crippen molar-refractivity contribution < 1.29 is 9.47 Å². The lowest BCUT2D eigenvalue weighted by atomic mass is 9.70. The van der Waals surface area contributed by atoms with E-state index in [4.69, 9.17) is 9.47 Å². The lowest BCUT2D eigenvalue weighted by Gasteiger charge is -2.30. The van der Waals surface area contributed by atoms with Crippen LogP contribution in [0.1, 0.15) is 43.0 Å². The van der Waals surface area contributed by atoms with E-state index in [0.29, 0.717) is 24.5 Å². The van der Waals surface area contributed by atoms with E-state index in [2.05, 4.69) is 92.2 Å². The van der Waals surface area contributed by atoms with Crippen molar-refractivity contribution in [3.63, 3.8) is 0 Å². The molecule has 4 rings (SSSR count). The van der Waals surface area contributed by atoms with E-state index >= 15 is 0 Å². The smallest absolute Gasteiger partial charge is 0.161 e. The Labute approximate surface area is 221 Å². The Kier molecular flexibility index (Phi) is 8.70. The van der Waals surface area contributed by atoms with E-state index < -0.39 is 5.41 Å². The molecule has 0 fully saturated rings. The van der Waals surface area contributed by atoms with Crippen molar-refractivity contribution in [3.05, 3.63) is 83.4 Å². The highest BCUT2D eigenvalue weighted by Gasteiger charge is 2.36. The molecule has 0 heterocycles. The zero-order chi connectivity index (χ0) is 25.0. The molecule has 0 radical (unpaired) electrons. The maximum absolute atomic E-state index is 10.3. The number of hydrogen-bond donors (Lipinski definition) is 0. The van der Waals surface area contributed by atoms with Crippen molar-refractivity contribution >= 4 is 12.4 Å². The molecule has 3 aromatic carbocycles. The summed E-state index contributed by atoms with van der Waals surface area (Å²) < 4.78 is 10.9. The van der Waals surface area contributed by atoms with Crippen LogP contribution in [-0.2, 0) is 5.41 Å². The fraction of sp³-hybridized carbons (Fsp3) is 0.323. The lowest BCUT2D eigenvalue weighted by Crippen LogP contribution is -2.30. The van der Waals surface area contributed by atoms with Crippen LogP contribution in [0.3, 0.4) is 0 Å². The summed E-state index contributed by atoms with van der Waals surface area (Å²) in [4.78, 5) is 2.29. The van der Waals surface area contributed by atoms with Gasteiger partial charge in [0.2, 0.25) is 0 Å². The van der Waals surface area contributed by atoms with Crippen molar-refractivity contribution in [2.24, 2.45) is 5.92 Å². The molecule has 0 saturated heterocycles. The summed E-state index contributed by atoms with van der Waals surface area (Å²) in [7, 11) is 5.34. The molecule has 5 heteroatoms. The number of methoxy groups -OCH3 is 2. The summed E-state index contributed by atoms with van der Waals surface area (Å²) in [6.45, 7) is 4.75. The van der Waals surface area contributed by atoms with Gasteiger partial charge in [0.1, 0.15) is 0 Å². The fourth-order valence-corrected chi connectivity index (χ4v) is 5.06. The number of rotatable bonds is 7. The molecule has 3 aromatic rings. The number of hydrogen-bond acceptors (Lipinski definition) is 4. The van der Waals surface area contributed by atoms with E-state index in [-0.39, 0.29) is 24.4 Å². The Balaban J connectivity index is 0.00000361. The third kappa shape index (κ3) is 4.80. The zero-order valence-corrected chi connectivity index (χ0v) is 22.4. The van der Waals surface area contributed by atoms with E-state index in [9.17, 15) is 5.26 Å². The van der Waals surface area contributed by atoms with E-state index in [0.717, 1.165) is 5.56 Å². The number of nitriles is 1. The van der Waals surface area contributed by atoms with Gasteiger partial charge in [-0.1, -0.05) is 80.3 Å². The van der Waals surface area contributed by atoms with Gasteiger partial charge in [-0.3, -0.25) is 4.90 Å². The molecule has 1 atom stereocenters. The van der Waals surface area contributed by atoms with Gasteiger partial charge in [0.25, 0.3) is 0 Å². The number of halogens is 1. The highest BCUT2D eigenvalue weighted by molar-refractivity contribution is 5.85. The second-order valence-electron chi connectivity index (χ2n) is 9.33. The monoisotopic (exact) mass is 500 g/mol. The Morgan fingerprint density at radius 3 is 2.00 bits per heavy atom. The number of nitrogens with zero attached hydrogens (tertiary/aromatic N) is 2. The maximum atomic E-state index is 10.3. The van der Waals surface area contributed by atoms with Crippen molar-refractivity contribution in [1.82, 2.24) is 4.90 Å². The fourth-order valence-electron chi connectivity index (χ4n) is 5.06. The van der Waals surface area contributed by atoms with Crippen molar-refractivity contribution in [3.8, 4) is 40.5 Å². The summed E-state index contributed by atoms with van der Waals surface area (Å²) >= 11 is 0. The normalized spacial score (nSPS) is 13.5. The van der Waals surface area contributed by atoms with Crippen molar-refractivity contribution in [2.45, 2.75) is 31.7 Å². The first-order chi connectivity index (χ1) is 17.0. The minimum absolute atomic E-state index is 0. The molecule has 0 bridgehead atoms. The first kappa shape index (κ1) is 27.2. The van der Waals surface area contributed by atoms with Crippen LogP contribution in [0.2, 0.25) is 0 Å². The summed E-state index contributed by atoms with van der Waals surface area (Å²) in [5.41, 5.74) is 5.38. The molecular formula is C31H33ClN2O2. The van der Waals surface area contributed by atoms with Crippen LogP contribution >= 0.6 is 12.4 Å². The van der Waals surface area contributed by atoms with Gasteiger partial charge in [-0.25, -0.2) is 0 Å². The van der Waals surface area contributed by atoms with Gasteiger partial charge in [-0.2, -0.15) is 5.26 Å². The average Bonchev–Trinajstić information content (AvgIpc) is 3.23. The molecule has 0 N–H and O–H groups in total. The molecule has 0 saturated carbocycles. The molecule has 0 spiro atoms. The first-order valence-electron chi connectivity index (χ1n) is 11.9. The van der Waals surface area contributed by atoms with E-state index in [1.807, 2.05) is 18.2 Å². The van der Waals surface area contributed by atoms with Gasteiger partial charge in [0.05, 0.1) is 38.3 Å². The van der Waals surface area contributed by atoms with Gasteiger partial charge in [0, 0.05) is 6.42 Å². The quantitative estimate of drug-likeness (QED) is 0.341. The van der Waals surface area contributed by atoms with Crippen LogP contribution in [0, 0.1) is 29.1 Å². The predicted molar refractivity (Wildman–Crippen MR) is 148 cm³/mol. The van der Waals surface area contributed by atoms with Gasteiger partial charge in [-0.15, -0.1) is 12.4 Å². The predicted octanol–water partition coefficient (Wildman–Crippen LogP) is 6.64. The molecule has 0 aromatic heterocycles. The number of benzene rings is 3. The van der Waals surface area contributed by atoms with Crippen LogP contribution in [-0.4, -0.2) is 32.7 Å². The van der Waals surface area contributed by atoms with Crippen LogP contribution < -0.4 is 9.47 Å². The molecule has 1 unspecified atom stereocenters. The second-order valence-corrected chi connectivity index (χ2v) is 9.33. The van der Waals surface area contributed by atoms with Crippen molar-refractivity contribution in [2.75, 3.05) is 27.8 Å².